The lowest BCUT2D eigenvalue weighted by Crippen LogP contribution is -2.39. The molecule has 0 aliphatic carbocycles. The van der Waals surface area contributed by atoms with Crippen LogP contribution in [0.25, 0.3) is 0 Å². The highest BCUT2D eigenvalue weighted by molar-refractivity contribution is 5.71. The summed E-state index contributed by atoms with van der Waals surface area (Å²) in [6.45, 7) is 8.04. The van der Waals surface area contributed by atoms with Crippen LogP contribution in [0.15, 0.2) is 0 Å². The van der Waals surface area contributed by atoms with E-state index in [2.05, 4.69) is 0 Å². The van der Waals surface area contributed by atoms with Crippen LogP contribution < -0.4 is 0 Å². The number of carbonyl (C=O) groups excluding carboxylic acids is 1. The molecule has 16 heavy (non-hydrogen) atoms. The van der Waals surface area contributed by atoms with Gasteiger partial charge in [0.15, 0.2) is 0 Å². The van der Waals surface area contributed by atoms with Crippen LogP contribution >= 0.6 is 0 Å². The number of ether oxygens (including phenoxy) is 1. The fourth-order valence-electron chi connectivity index (χ4n) is 1.83. The van der Waals surface area contributed by atoms with Crippen LogP contribution in [0, 0.1) is 17.8 Å². The van der Waals surface area contributed by atoms with Crippen LogP contribution in [0.3, 0.4) is 0 Å². The van der Waals surface area contributed by atoms with E-state index >= 15 is 0 Å². The predicted molar refractivity (Wildman–Crippen MR) is 61.0 cm³/mol. The first kappa shape index (κ1) is 14.9. The lowest BCUT2D eigenvalue weighted by Gasteiger charge is -2.30. The number of rotatable bonds is 8. The molecular formula is C12H22O4. The molecule has 0 saturated heterocycles. The molecule has 4 atom stereocenters. The highest BCUT2D eigenvalue weighted by atomic mass is 16.5. The maximum absolute atomic E-state index is 11.2. The Labute approximate surface area is 97.0 Å². The van der Waals surface area contributed by atoms with Crippen molar-refractivity contribution in [3.63, 3.8) is 0 Å². The minimum Gasteiger partial charge on any atom is -0.481 e. The minimum atomic E-state index is -0.888. The van der Waals surface area contributed by atoms with Gasteiger partial charge in [0.2, 0.25) is 0 Å². The number of carboxylic acid groups (broad SMARTS) is 1. The quantitative estimate of drug-likeness (QED) is 0.650. The van der Waals surface area contributed by atoms with E-state index < -0.39 is 18.0 Å². The van der Waals surface area contributed by atoms with E-state index in [1.54, 1.807) is 0 Å². The van der Waals surface area contributed by atoms with Crippen molar-refractivity contribution in [2.45, 2.75) is 46.6 Å². The Hall–Kier alpha value is -1.06. The van der Waals surface area contributed by atoms with Crippen molar-refractivity contribution in [1.82, 2.24) is 0 Å². The van der Waals surface area contributed by atoms with Crippen molar-refractivity contribution in [3.05, 3.63) is 0 Å². The molecule has 0 bridgehead atoms. The van der Waals surface area contributed by atoms with E-state index in [9.17, 15) is 14.7 Å². The lowest BCUT2D eigenvalue weighted by molar-refractivity contribution is -0.157. The van der Waals surface area contributed by atoms with Gasteiger partial charge in [-0.1, -0.05) is 40.5 Å². The first-order valence-electron chi connectivity index (χ1n) is 5.81. The summed E-state index contributed by atoms with van der Waals surface area (Å²) in [5.41, 5.74) is 0. The van der Waals surface area contributed by atoms with Crippen LogP contribution in [0.4, 0.5) is 0 Å². The van der Waals surface area contributed by atoms with Crippen LogP contribution in [-0.4, -0.2) is 23.7 Å². The van der Waals surface area contributed by atoms with Crippen LogP contribution in [-0.2, 0) is 14.3 Å². The number of hydrogen-bond donors (Lipinski definition) is 1. The van der Waals surface area contributed by atoms with Gasteiger partial charge in [-0.2, -0.15) is 0 Å². The second-order valence-electron chi connectivity index (χ2n) is 4.33. The van der Waals surface area contributed by atoms with Crippen LogP contribution in [0.1, 0.15) is 40.5 Å². The summed E-state index contributed by atoms with van der Waals surface area (Å²) in [5.74, 6) is -1.46. The van der Waals surface area contributed by atoms with Crippen LogP contribution in [0.2, 0.25) is 0 Å². The molecule has 0 aromatic rings. The molecule has 0 aliphatic heterocycles. The molecule has 0 radical (unpaired) electrons. The third-order valence-electron chi connectivity index (χ3n) is 3.31. The van der Waals surface area contributed by atoms with Gasteiger partial charge in [-0.3, -0.25) is 9.59 Å². The molecule has 4 nitrogen and oxygen atoms in total. The Balaban J connectivity index is 4.92. The molecule has 0 rings (SSSR count). The molecule has 0 aliphatic rings. The Morgan fingerprint density at radius 2 is 1.75 bits per heavy atom. The Morgan fingerprint density at radius 1 is 1.25 bits per heavy atom. The Bertz CT molecular complexity index is 227. The molecule has 4 unspecified atom stereocenters. The largest absolute Gasteiger partial charge is 0.481 e. The van der Waals surface area contributed by atoms with Gasteiger partial charge >= 0.3 is 5.97 Å². The molecule has 4 heteroatoms. The zero-order valence-electron chi connectivity index (χ0n) is 10.5. The summed E-state index contributed by atoms with van der Waals surface area (Å²) < 4.78 is 4.98. The van der Waals surface area contributed by atoms with Gasteiger partial charge in [0.25, 0.3) is 6.47 Å². The number of hydrogen-bond acceptors (Lipinski definition) is 3. The van der Waals surface area contributed by atoms with E-state index in [4.69, 9.17) is 4.74 Å². The predicted octanol–water partition coefficient (Wildman–Crippen LogP) is 2.32. The standard InChI is InChI=1S/C12H22O4/c1-5-8(3)10(12(14)15)11(16-7-13)9(4)6-2/h7-11H,5-6H2,1-4H3,(H,14,15). The fraction of sp³-hybridized carbons (Fsp3) is 0.833. The molecule has 0 amide bonds. The van der Waals surface area contributed by atoms with Crippen molar-refractivity contribution in [3.8, 4) is 0 Å². The topological polar surface area (TPSA) is 63.6 Å². The molecule has 1 N–H and O–H groups in total. The summed E-state index contributed by atoms with van der Waals surface area (Å²) in [7, 11) is 0. The molecular weight excluding hydrogens is 208 g/mol. The smallest absolute Gasteiger partial charge is 0.310 e. The maximum Gasteiger partial charge on any atom is 0.310 e. The molecule has 0 spiro atoms. The van der Waals surface area contributed by atoms with E-state index in [0.29, 0.717) is 6.47 Å². The number of carbonyl (C=O) groups is 2. The van der Waals surface area contributed by atoms with Gasteiger partial charge in [-0.15, -0.1) is 0 Å². The normalized spacial score (nSPS) is 18.2. The summed E-state index contributed by atoms with van der Waals surface area (Å²) in [6, 6.07) is 0. The lowest BCUT2D eigenvalue weighted by atomic mass is 9.81. The molecule has 0 heterocycles. The SMILES string of the molecule is CCC(C)C(OC=O)C(C(=O)O)C(C)CC. The number of carboxylic acids is 1. The average molecular weight is 230 g/mol. The monoisotopic (exact) mass is 230 g/mol. The third-order valence-corrected chi connectivity index (χ3v) is 3.31. The molecule has 0 aromatic carbocycles. The first-order chi connectivity index (χ1) is 7.49. The van der Waals surface area contributed by atoms with Gasteiger partial charge in [-0.05, 0) is 11.8 Å². The maximum atomic E-state index is 11.2. The summed E-state index contributed by atoms with van der Waals surface area (Å²) in [4.78, 5) is 21.7. The summed E-state index contributed by atoms with van der Waals surface area (Å²) >= 11 is 0. The van der Waals surface area contributed by atoms with Crippen molar-refractivity contribution in [2.75, 3.05) is 0 Å². The fourth-order valence-corrected chi connectivity index (χ4v) is 1.83. The second-order valence-corrected chi connectivity index (χ2v) is 4.33. The zero-order valence-corrected chi connectivity index (χ0v) is 10.5. The van der Waals surface area contributed by atoms with E-state index in [-0.39, 0.29) is 11.8 Å². The minimum absolute atomic E-state index is 0.00329. The first-order valence-corrected chi connectivity index (χ1v) is 5.81. The molecule has 0 aromatic heterocycles. The van der Waals surface area contributed by atoms with Gasteiger partial charge < -0.3 is 9.84 Å². The van der Waals surface area contributed by atoms with Gasteiger partial charge in [0.05, 0.1) is 5.92 Å². The summed E-state index contributed by atoms with van der Waals surface area (Å²) in [5, 5.41) is 9.22. The third kappa shape index (κ3) is 3.83. The van der Waals surface area contributed by atoms with E-state index in [1.807, 2.05) is 27.7 Å². The molecule has 0 fully saturated rings. The molecule has 0 saturated carbocycles. The van der Waals surface area contributed by atoms with Crippen molar-refractivity contribution < 1.29 is 19.4 Å². The Kier molecular flexibility index (Phi) is 6.77. The van der Waals surface area contributed by atoms with Gasteiger partial charge in [0.1, 0.15) is 6.10 Å². The van der Waals surface area contributed by atoms with E-state index in [1.165, 1.54) is 0 Å². The number of aliphatic carboxylic acids is 1. The zero-order chi connectivity index (χ0) is 12.7. The summed E-state index contributed by atoms with van der Waals surface area (Å²) in [6.07, 6.45) is 1.01. The van der Waals surface area contributed by atoms with Crippen molar-refractivity contribution in [1.29, 1.82) is 0 Å². The van der Waals surface area contributed by atoms with Crippen molar-refractivity contribution in [2.24, 2.45) is 17.8 Å². The average Bonchev–Trinajstić information content (AvgIpc) is 2.26. The molecule has 94 valence electrons. The Morgan fingerprint density at radius 3 is 2.06 bits per heavy atom. The second kappa shape index (κ2) is 7.25. The van der Waals surface area contributed by atoms with Crippen molar-refractivity contribution >= 4 is 12.4 Å². The van der Waals surface area contributed by atoms with Crippen LogP contribution in [0.5, 0.6) is 0 Å². The highest BCUT2D eigenvalue weighted by Crippen LogP contribution is 2.27. The van der Waals surface area contributed by atoms with E-state index in [0.717, 1.165) is 12.8 Å². The van der Waals surface area contributed by atoms with Gasteiger partial charge in [-0.25, -0.2) is 0 Å². The highest BCUT2D eigenvalue weighted by Gasteiger charge is 2.36. The van der Waals surface area contributed by atoms with Gasteiger partial charge in [0, 0.05) is 0 Å².